The molecule has 0 saturated carbocycles. The molecule has 0 aliphatic carbocycles. The zero-order valence-corrected chi connectivity index (χ0v) is 15.4. The van der Waals surface area contributed by atoms with Gasteiger partial charge in [0.2, 0.25) is 5.88 Å². The van der Waals surface area contributed by atoms with Gasteiger partial charge >= 0.3 is 6.09 Å². The highest BCUT2D eigenvalue weighted by molar-refractivity contribution is 7.98. The van der Waals surface area contributed by atoms with E-state index in [2.05, 4.69) is 26.3 Å². The van der Waals surface area contributed by atoms with Crippen LogP contribution in [0.1, 0.15) is 18.4 Å². The number of ether oxygens (including phenoxy) is 1. The number of carboxylic acid groups (broad SMARTS) is 1. The summed E-state index contributed by atoms with van der Waals surface area (Å²) in [5, 5.41) is 22.5. The molecule has 1 saturated heterocycles. The van der Waals surface area contributed by atoms with Crippen LogP contribution in [0.15, 0.2) is 29.7 Å². The van der Waals surface area contributed by atoms with Crippen molar-refractivity contribution in [3.8, 4) is 11.9 Å². The van der Waals surface area contributed by atoms with Crippen LogP contribution in [0.3, 0.4) is 0 Å². The Labute approximate surface area is 160 Å². The number of rotatable bonds is 5. The number of likely N-dealkylation sites (tertiary alicyclic amines) is 1. The van der Waals surface area contributed by atoms with Gasteiger partial charge in [-0.25, -0.2) is 19.7 Å². The SMILES string of the molecule is CSc1ccc(Nc2ncnc(OC3CCN(C(=O)O)CC3)c2C#N)cn1. The zero-order chi connectivity index (χ0) is 19.2. The third-order valence-electron chi connectivity index (χ3n) is 4.12. The minimum atomic E-state index is -0.930. The summed E-state index contributed by atoms with van der Waals surface area (Å²) < 4.78 is 5.87. The molecule has 0 atom stereocenters. The Hall–Kier alpha value is -3.06. The fraction of sp³-hybridized carbons (Fsp3) is 0.353. The van der Waals surface area contributed by atoms with Crippen LogP contribution in [0, 0.1) is 11.3 Å². The highest BCUT2D eigenvalue weighted by atomic mass is 32.2. The number of amides is 1. The van der Waals surface area contributed by atoms with E-state index in [1.165, 1.54) is 23.0 Å². The fourth-order valence-corrected chi connectivity index (χ4v) is 3.05. The molecule has 3 heterocycles. The predicted octanol–water partition coefficient (Wildman–Crippen LogP) is 2.73. The molecule has 2 aromatic heterocycles. The van der Waals surface area contributed by atoms with Gasteiger partial charge in [-0.1, -0.05) is 0 Å². The van der Waals surface area contributed by atoms with Crippen LogP contribution in [-0.2, 0) is 0 Å². The van der Waals surface area contributed by atoms with E-state index in [0.29, 0.717) is 37.4 Å². The first-order valence-electron chi connectivity index (χ1n) is 8.27. The number of aromatic nitrogens is 3. The molecule has 140 valence electrons. The molecule has 1 amide bonds. The average molecular weight is 386 g/mol. The summed E-state index contributed by atoms with van der Waals surface area (Å²) >= 11 is 1.54. The number of carbonyl (C=O) groups is 1. The summed E-state index contributed by atoms with van der Waals surface area (Å²) in [6.45, 7) is 0.789. The van der Waals surface area contributed by atoms with E-state index in [9.17, 15) is 10.1 Å². The number of piperidine rings is 1. The molecule has 27 heavy (non-hydrogen) atoms. The van der Waals surface area contributed by atoms with E-state index in [-0.39, 0.29) is 17.5 Å². The van der Waals surface area contributed by atoms with E-state index in [1.807, 2.05) is 18.4 Å². The lowest BCUT2D eigenvalue weighted by molar-refractivity contribution is 0.0869. The van der Waals surface area contributed by atoms with Gasteiger partial charge in [-0.2, -0.15) is 5.26 Å². The van der Waals surface area contributed by atoms with Crippen LogP contribution in [0.5, 0.6) is 5.88 Å². The van der Waals surface area contributed by atoms with Gasteiger partial charge in [-0.15, -0.1) is 11.8 Å². The predicted molar refractivity (Wildman–Crippen MR) is 99.3 cm³/mol. The summed E-state index contributed by atoms with van der Waals surface area (Å²) in [7, 11) is 0. The molecule has 0 unspecified atom stereocenters. The van der Waals surface area contributed by atoms with E-state index < -0.39 is 6.09 Å². The second kappa shape index (κ2) is 8.55. The quantitative estimate of drug-likeness (QED) is 0.746. The monoisotopic (exact) mass is 386 g/mol. The topological polar surface area (TPSA) is 124 Å². The first-order chi connectivity index (χ1) is 13.1. The maximum Gasteiger partial charge on any atom is 0.407 e. The lowest BCUT2D eigenvalue weighted by atomic mass is 10.1. The average Bonchev–Trinajstić information content (AvgIpc) is 2.69. The van der Waals surface area contributed by atoms with Crippen molar-refractivity contribution in [3.05, 3.63) is 30.2 Å². The normalized spacial score (nSPS) is 14.4. The Morgan fingerprint density at radius 2 is 2.15 bits per heavy atom. The summed E-state index contributed by atoms with van der Waals surface area (Å²) in [5.41, 5.74) is 0.899. The molecular formula is C17H18N6O3S. The maximum atomic E-state index is 11.0. The molecule has 10 heteroatoms. The van der Waals surface area contributed by atoms with Gasteiger partial charge in [0.1, 0.15) is 18.5 Å². The number of hydrogen-bond donors (Lipinski definition) is 2. The number of nitrogens with zero attached hydrogens (tertiary/aromatic N) is 5. The number of hydrogen-bond acceptors (Lipinski definition) is 8. The van der Waals surface area contributed by atoms with E-state index >= 15 is 0 Å². The van der Waals surface area contributed by atoms with Crippen LogP contribution >= 0.6 is 11.8 Å². The Morgan fingerprint density at radius 3 is 2.74 bits per heavy atom. The molecule has 0 radical (unpaired) electrons. The van der Waals surface area contributed by atoms with E-state index in [4.69, 9.17) is 9.84 Å². The number of pyridine rings is 1. The maximum absolute atomic E-state index is 11.0. The van der Waals surface area contributed by atoms with Gasteiger partial charge in [0.15, 0.2) is 11.4 Å². The number of anilines is 2. The summed E-state index contributed by atoms with van der Waals surface area (Å²) in [4.78, 5) is 24.8. The van der Waals surface area contributed by atoms with Crippen LogP contribution in [-0.4, -0.2) is 56.5 Å². The molecule has 2 aromatic rings. The summed E-state index contributed by atoms with van der Waals surface area (Å²) in [6, 6.07) is 5.80. The van der Waals surface area contributed by atoms with Gasteiger partial charge in [-0.3, -0.25) is 0 Å². The number of nitrogens with one attached hydrogen (secondary N) is 1. The molecule has 1 aliphatic heterocycles. The van der Waals surface area contributed by atoms with Crippen molar-refractivity contribution >= 4 is 29.4 Å². The number of thioether (sulfide) groups is 1. The fourth-order valence-electron chi connectivity index (χ4n) is 2.69. The van der Waals surface area contributed by atoms with Gasteiger partial charge in [0.25, 0.3) is 0 Å². The lowest BCUT2D eigenvalue weighted by Gasteiger charge is -2.30. The summed E-state index contributed by atoms with van der Waals surface area (Å²) in [6.07, 6.45) is 4.90. The molecule has 9 nitrogen and oxygen atoms in total. The molecule has 0 spiro atoms. The second-order valence-electron chi connectivity index (χ2n) is 5.82. The van der Waals surface area contributed by atoms with Crippen LogP contribution in [0.25, 0.3) is 0 Å². The Morgan fingerprint density at radius 1 is 1.37 bits per heavy atom. The highest BCUT2D eigenvalue weighted by Crippen LogP contribution is 2.27. The van der Waals surface area contributed by atoms with E-state index in [0.717, 1.165) is 5.03 Å². The molecule has 3 rings (SSSR count). The standard InChI is InChI=1S/C17H18N6O3S/c1-27-14-3-2-11(9-19-14)22-15-13(8-18)16(21-10-20-15)26-12-4-6-23(7-5-12)17(24)25/h2-3,9-10,12H,4-7H2,1H3,(H,24,25)(H,20,21,22). The summed E-state index contributed by atoms with van der Waals surface area (Å²) in [5.74, 6) is 0.529. The van der Waals surface area contributed by atoms with Crippen molar-refractivity contribution < 1.29 is 14.6 Å². The van der Waals surface area contributed by atoms with E-state index in [1.54, 1.807) is 6.20 Å². The number of nitriles is 1. The first-order valence-corrected chi connectivity index (χ1v) is 9.50. The lowest BCUT2D eigenvalue weighted by Crippen LogP contribution is -2.41. The zero-order valence-electron chi connectivity index (χ0n) is 14.6. The highest BCUT2D eigenvalue weighted by Gasteiger charge is 2.25. The van der Waals surface area contributed by atoms with Crippen molar-refractivity contribution in [2.75, 3.05) is 24.7 Å². The molecule has 1 aliphatic rings. The second-order valence-corrected chi connectivity index (χ2v) is 6.64. The van der Waals surface area contributed by atoms with Crippen LogP contribution in [0.4, 0.5) is 16.3 Å². The van der Waals surface area contributed by atoms with Crippen LogP contribution in [0.2, 0.25) is 0 Å². The van der Waals surface area contributed by atoms with Crippen molar-refractivity contribution in [2.45, 2.75) is 24.0 Å². The first kappa shape index (κ1) is 18.7. The minimum Gasteiger partial charge on any atom is -0.473 e. The third-order valence-corrected chi connectivity index (χ3v) is 4.78. The Bertz CT molecular complexity index is 847. The Balaban J connectivity index is 1.72. The molecule has 1 fully saturated rings. The van der Waals surface area contributed by atoms with Crippen molar-refractivity contribution in [3.63, 3.8) is 0 Å². The minimum absolute atomic E-state index is 0.192. The molecule has 0 bridgehead atoms. The Kier molecular flexibility index (Phi) is 5.93. The van der Waals surface area contributed by atoms with Gasteiger partial charge in [0.05, 0.1) is 16.9 Å². The molecular weight excluding hydrogens is 368 g/mol. The smallest absolute Gasteiger partial charge is 0.407 e. The van der Waals surface area contributed by atoms with Crippen molar-refractivity contribution in [1.82, 2.24) is 19.9 Å². The molecule has 2 N–H and O–H groups in total. The van der Waals surface area contributed by atoms with Crippen molar-refractivity contribution in [2.24, 2.45) is 0 Å². The van der Waals surface area contributed by atoms with Crippen LogP contribution < -0.4 is 10.1 Å². The van der Waals surface area contributed by atoms with Gasteiger partial charge in [-0.05, 0) is 18.4 Å². The third kappa shape index (κ3) is 4.57. The van der Waals surface area contributed by atoms with Gasteiger partial charge < -0.3 is 20.1 Å². The van der Waals surface area contributed by atoms with Crippen molar-refractivity contribution in [1.29, 1.82) is 5.26 Å². The molecule has 0 aromatic carbocycles. The van der Waals surface area contributed by atoms with Gasteiger partial charge in [0, 0.05) is 25.9 Å². The largest absolute Gasteiger partial charge is 0.473 e.